The van der Waals surface area contributed by atoms with Crippen molar-refractivity contribution >= 4 is 23.2 Å². The highest BCUT2D eigenvalue weighted by Crippen LogP contribution is 2.26. The maximum atomic E-state index is 9.86. The molecule has 3 nitrogen and oxygen atoms in total. The summed E-state index contributed by atoms with van der Waals surface area (Å²) in [6.07, 6.45) is 2.15. The highest BCUT2D eigenvalue weighted by atomic mass is 35.5. The SMILES string of the molecule is CCOC1CC(O)CC(CCc2ccc(Cl)cc2Cl)O1. The van der Waals surface area contributed by atoms with Crippen molar-refractivity contribution in [1.82, 2.24) is 0 Å². The van der Waals surface area contributed by atoms with E-state index < -0.39 is 0 Å². The Morgan fingerprint density at radius 2 is 2.15 bits per heavy atom. The molecule has 1 saturated heterocycles. The molecule has 112 valence electrons. The van der Waals surface area contributed by atoms with Gasteiger partial charge in [0.15, 0.2) is 6.29 Å². The fraction of sp³-hybridized carbons (Fsp3) is 0.600. The largest absolute Gasteiger partial charge is 0.393 e. The number of aliphatic hydroxyl groups excluding tert-OH is 1. The lowest BCUT2D eigenvalue weighted by Gasteiger charge is -2.32. The van der Waals surface area contributed by atoms with Crippen LogP contribution in [0, 0.1) is 0 Å². The van der Waals surface area contributed by atoms with Gasteiger partial charge in [-0.2, -0.15) is 0 Å². The lowest BCUT2D eigenvalue weighted by molar-refractivity contribution is -0.214. The van der Waals surface area contributed by atoms with Crippen molar-refractivity contribution in [3.8, 4) is 0 Å². The summed E-state index contributed by atoms with van der Waals surface area (Å²) in [5, 5.41) is 11.2. The molecule has 0 amide bonds. The molecule has 1 aromatic carbocycles. The average Bonchev–Trinajstić information content (AvgIpc) is 2.37. The number of benzene rings is 1. The Bertz CT molecular complexity index is 439. The number of ether oxygens (including phenoxy) is 2. The van der Waals surface area contributed by atoms with Gasteiger partial charge in [0.1, 0.15) is 0 Å². The molecule has 5 heteroatoms. The second kappa shape index (κ2) is 7.62. The second-order valence-corrected chi connectivity index (χ2v) is 5.89. The Labute approximate surface area is 129 Å². The van der Waals surface area contributed by atoms with Gasteiger partial charge in [-0.05, 0) is 43.9 Å². The molecule has 0 saturated carbocycles. The zero-order valence-electron chi connectivity index (χ0n) is 11.5. The Balaban J connectivity index is 1.89. The molecule has 1 aliphatic rings. The predicted octanol–water partition coefficient (Wildman–Crippen LogP) is 3.83. The third kappa shape index (κ3) is 4.61. The average molecular weight is 319 g/mol. The van der Waals surface area contributed by atoms with Crippen molar-refractivity contribution in [2.24, 2.45) is 0 Å². The first-order chi connectivity index (χ1) is 9.58. The van der Waals surface area contributed by atoms with Gasteiger partial charge in [-0.3, -0.25) is 0 Å². The van der Waals surface area contributed by atoms with Gasteiger partial charge < -0.3 is 14.6 Å². The first-order valence-corrected chi connectivity index (χ1v) is 7.73. The molecule has 0 aliphatic carbocycles. The van der Waals surface area contributed by atoms with Gasteiger partial charge in [-0.15, -0.1) is 0 Å². The number of aryl methyl sites for hydroxylation is 1. The van der Waals surface area contributed by atoms with Gasteiger partial charge in [0.2, 0.25) is 0 Å². The summed E-state index contributed by atoms with van der Waals surface area (Å²) in [7, 11) is 0. The van der Waals surface area contributed by atoms with Gasteiger partial charge in [-0.25, -0.2) is 0 Å². The van der Waals surface area contributed by atoms with Crippen molar-refractivity contribution < 1.29 is 14.6 Å². The number of halogens is 2. The Hall–Kier alpha value is -0.320. The summed E-state index contributed by atoms with van der Waals surface area (Å²) in [6, 6.07) is 5.52. The van der Waals surface area contributed by atoms with Crippen molar-refractivity contribution in [1.29, 1.82) is 0 Å². The van der Waals surface area contributed by atoms with Crippen LogP contribution in [-0.4, -0.2) is 30.2 Å². The minimum Gasteiger partial charge on any atom is -0.393 e. The Morgan fingerprint density at radius 3 is 2.85 bits per heavy atom. The summed E-state index contributed by atoms with van der Waals surface area (Å²) in [4.78, 5) is 0. The minimum absolute atomic E-state index is 0.00189. The molecular weight excluding hydrogens is 299 g/mol. The molecule has 2 rings (SSSR count). The number of aliphatic hydroxyl groups is 1. The highest BCUT2D eigenvalue weighted by Gasteiger charge is 2.28. The van der Waals surface area contributed by atoms with Crippen LogP contribution in [0.15, 0.2) is 18.2 Å². The summed E-state index contributed by atoms with van der Waals surface area (Å²) in [5.41, 5.74) is 1.05. The van der Waals surface area contributed by atoms with E-state index in [1.807, 2.05) is 19.1 Å². The van der Waals surface area contributed by atoms with E-state index in [9.17, 15) is 5.11 Å². The molecule has 20 heavy (non-hydrogen) atoms. The molecule has 1 aliphatic heterocycles. The first-order valence-electron chi connectivity index (χ1n) is 6.97. The number of rotatable bonds is 5. The molecule has 1 aromatic rings. The van der Waals surface area contributed by atoms with E-state index in [1.165, 1.54) is 0 Å². The van der Waals surface area contributed by atoms with E-state index >= 15 is 0 Å². The fourth-order valence-corrected chi connectivity index (χ4v) is 2.97. The molecule has 0 bridgehead atoms. The second-order valence-electron chi connectivity index (χ2n) is 5.04. The molecule has 0 radical (unpaired) electrons. The maximum Gasteiger partial charge on any atom is 0.160 e. The summed E-state index contributed by atoms with van der Waals surface area (Å²) < 4.78 is 11.3. The summed E-state index contributed by atoms with van der Waals surface area (Å²) >= 11 is 12.0. The van der Waals surface area contributed by atoms with E-state index in [0.29, 0.717) is 29.5 Å². The highest BCUT2D eigenvalue weighted by molar-refractivity contribution is 6.35. The maximum absolute atomic E-state index is 9.86. The Kier molecular flexibility index (Phi) is 6.12. The van der Waals surface area contributed by atoms with Gasteiger partial charge in [0, 0.05) is 23.1 Å². The van der Waals surface area contributed by atoms with Crippen LogP contribution in [0.4, 0.5) is 0 Å². The van der Waals surface area contributed by atoms with Crippen LogP contribution in [-0.2, 0) is 15.9 Å². The lowest BCUT2D eigenvalue weighted by atomic mass is 9.99. The Morgan fingerprint density at radius 1 is 1.35 bits per heavy atom. The van der Waals surface area contributed by atoms with E-state index in [1.54, 1.807) is 6.07 Å². The molecule has 3 unspecified atom stereocenters. The summed E-state index contributed by atoms with van der Waals surface area (Å²) in [6.45, 7) is 2.51. The third-order valence-corrected chi connectivity index (χ3v) is 4.03. The van der Waals surface area contributed by atoms with Crippen LogP contribution in [0.25, 0.3) is 0 Å². The van der Waals surface area contributed by atoms with Gasteiger partial charge in [-0.1, -0.05) is 29.3 Å². The van der Waals surface area contributed by atoms with Crippen LogP contribution in [0.2, 0.25) is 10.0 Å². The number of hydrogen-bond acceptors (Lipinski definition) is 3. The smallest absolute Gasteiger partial charge is 0.160 e. The van der Waals surface area contributed by atoms with E-state index in [0.717, 1.165) is 18.4 Å². The van der Waals surface area contributed by atoms with E-state index in [-0.39, 0.29) is 18.5 Å². The predicted molar refractivity (Wildman–Crippen MR) is 80.3 cm³/mol. The van der Waals surface area contributed by atoms with Crippen molar-refractivity contribution in [3.63, 3.8) is 0 Å². The monoisotopic (exact) mass is 318 g/mol. The van der Waals surface area contributed by atoms with Crippen LogP contribution in [0.1, 0.15) is 31.7 Å². The van der Waals surface area contributed by atoms with E-state index in [4.69, 9.17) is 32.7 Å². The quantitative estimate of drug-likeness (QED) is 0.896. The van der Waals surface area contributed by atoms with Crippen molar-refractivity contribution in [2.75, 3.05) is 6.61 Å². The molecular formula is C15H20Cl2O3. The molecule has 3 atom stereocenters. The molecule has 1 N–H and O–H groups in total. The van der Waals surface area contributed by atoms with Crippen molar-refractivity contribution in [2.45, 2.75) is 51.1 Å². The lowest BCUT2D eigenvalue weighted by Crippen LogP contribution is -2.37. The number of hydrogen-bond donors (Lipinski definition) is 1. The van der Waals surface area contributed by atoms with Gasteiger partial charge >= 0.3 is 0 Å². The molecule has 1 fully saturated rings. The van der Waals surface area contributed by atoms with Crippen LogP contribution < -0.4 is 0 Å². The molecule has 0 spiro atoms. The molecule has 1 heterocycles. The van der Waals surface area contributed by atoms with Crippen molar-refractivity contribution in [3.05, 3.63) is 33.8 Å². The normalized spacial score (nSPS) is 26.7. The zero-order valence-corrected chi connectivity index (χ0v) is 13.0. The third-order valence-electron chi connectivity index (χ3n) is 3.45. The standard InChI is InChI=1S/C15H20Cl2O3/c1-2-19-15-9-12(18)8-13(20-15)6-4-10-3-5-11(16)7-14(10)17/h3,5,7,12-13,15,18H,2,4,6,8-9H2,1H3. The minimum atomic E-state index is -0.356. The van der Waals surface area contributed by atoms with Crippen LogP contribution in [0.5, 0.6) is 0 Å². The zero-order chi connectivity index (χ0) is 14.5. The van der Waals surface area contributed by atoms with Gasteiger partial charge in [0.25, 0.3) is 0 Å². The van der Waals surface area contributed by atoms with E-state index in [2.05, 4.69) is 0 Å². The van der Waals surface area contributed by atoms with Crippen LogP contribution >= 0.6 is 23.2 Å². The van der Waals surface area contributed by atoms with Crippen LogP contribution in [0.3, 0.4) is 0 Å². The first kappa shape index (κ1) is 16.1. The molecule has 0 aromatic heterocycles. The van der Waals surface area contributed by atoms with Gasteiger partial charge in [0.05, 0.1) is 12.2 Å². The fourth-order valence-electron chi connectivity index (χ4n) is 2.47. The summed E-state index contributed by atoms with van der Waals surface area (Å²) in [5.74, 6) is 0. The topological polar surface area (TPSA) is 38.7 Å².